The Morgan fingerprint density at radius 1 is 0.341 bits per heavy atom. The zero-order valence-corrected chi connectivity index (χ0v) is 42.2. The van der Waals surface area contributed by atoms with Crippen LogP contribution in [0.15, 0.2) is 72.1 Å². The summed E-state index contributed by atoms with van der Waals surface area (Å²) >= 11 is 0. The highest BCUT2D eigenvalue weighted by Gasteiger charge is 2.82. The van der Waals surface area contributed by atoms with Gasteiger partial charge in [0, 0.05) is 23.6 Å². The highest BCUT2D eigenvalue weighted by molar-refractivity contribution is 6.81. The molecule has 4 atom stereocenters. The van der Waals surface area contributed by atoms with E-state index in [1.54, 1.807) is 303 Å². The Hall–Kier alpha value is -10.4. The van der Waals surface area contributed by atoms with Gasteiger partial charge in [0.05, 0.1) is 35.8 Å². The van der Waals surface area contributed by atoms with Gasteiger partial charge in [0.2, 0.25) is 0 Å². The molecule has 0 bridgehead atoms. The zero-order chi connectivity index (χ0) is 49.4. The van der Waals surface area contributed by atoms with Crippen LogP contribution in [-0.4, -0.2) is 22.6 Å². The molecule has 29 aromatic rings. The van der Waals surface area contributed by atoms with Gasteiger partial charge in [-0.05, 0) is 339 Å². The van der Waals surface area contributed by atoms with E-state index in [9.17, 15) is 0 Å². The molecule has 2 spiro atoms. The maximum absolute atomic E-state index is 6.64. The summed E-state index contributed by atoms with van der Waals surface area (Å²) < 4.78 is 8.20. The van der Waals surface area contributed by atoms with Gasteiger partial charge in [0.1, 0.15) is 11.3 Å². The zero-order valence-electron chi connectivity index (χ0n) is 42.2. The fourth-order valence-electron chi connectivity index (χ4n) is 27.4. The molecule has 82 heavy (non-hydrogen) atoms. The number of rotatable bonds is 4. The Labute approximate surface area is 450 Å². The quantitative estimate of drug-likeness (QED) is 0.165. The van der Waals surface area contributed by atoms with Crippen LogP contribution in [0.5, 0.6) is 5.75 Å². The van der Waals surface area contributed by atoms with Crippen molar-refractivity contribution in [1.29, 1.82) is 0 Å². The standard InChI is InChI=1S/C77H16N4O/c1-82-16-9-7-15(8-10-16)81-77-73-67-61-51-39-31-23-19-17-18-21-25(23)33(39)43-37-29(21)30-22(18)26-24-20(17)28-27(19)35-41(31)49-55-45(35)46-36(28)42-32(24)40-34(26)44-38(30)48-47(37)59(53(43)61)69(73)70-60(48)54(44)62-52(40)58-50(42)56(46)64-63(55)71(65(67)57(49)51)76(77,72(64)66(58)68(62)74(70)77)75(79-81)13-11-78-80(12-13)14-5-3-2-4-6-14/h2-12,71,73H,1H3. The Morgan fingerprint density at radius 3 is 1.15 bits per heavy atom. The molecular formula is C77H16N4O. The lowest BCUT2D eigenvalue weighted by Gasteiger charge is -2.58. The SMILES string of the molecule is COc1ccc(N2N=C(c3cnn(-c4ccccc4)c3)C34c5c6c7c8c9c%10c(c%11c%12c%13c%14c%15c%16c(c%17c5c5c%18c6c6c8c8c9c9c(c%10%12)c%10c%13c%12c%14c%13c%16c%14c%17c5c5c%16c%18c6c6c8c8c9c%10c9c%12c%10c%13c%14c5c5c%16c6c8c9c%105)C23C%11%15)C74)cc1. The van der Waals surface area contributed by atoms with Gasteiger partial charge in [-0.15, -0.1) is 0 Å². The molecule has 1 aliphatic heterocycles. The molecule has 5 heteroatoms. The van der Waals surface area contributed by atoms with Crippen LogP contribution in [0.1, 0.15) is 50.8 Å². The van der Waals surface area contributed by atoms with Gasteiger partial charge in [-0.3, -0.25) is 5.01 Å². The number of para-hydroxylation sites is 1. The molecule has 6 aliphatic carbocycles. The summed E-state index contributed by atoms with van der Waals surface area (Å²) in [4.78, 5) is 0. The van der Waals surface area contributed by atoms with Crippen molar-refractivity contribution in [3.05, 3.63) is 106 Å². The molecule has 1 aromatic heterocycles. The predicted octanol–water partition coefficient (Wildman–Crippen LogP) is 18.9. The lowest BCUT2D eigenvalue weighted by atomic mass is 9.44. The van der Waals surface area contributed by atoms with Gasteiger partial charge in [-0.1, -0.05) is 18.2 Å². The third-order valence-electron chi connectivity index (χ3n) is 27.9. The first kappa shape index (κ1) is 32.0. The molecule has 0 N–H and O–H groups in total. The minimum atomic E-state index is -0.674. The molecule has 0 fully saturated rings. The molecular weight excluding hydrogens is 997 g/mol. The van der Waals surface area contributed by atoms with Crippen molar-refractivity contribution in [3.8, 4) is 11.4 Å². The van der Waals surface area contributed by atoms with E-state index in [0.717, 1.165) is 22.7 Å². The molecule has 28 aromatic carbocycles. The highest BCUT2D eigenvalue weighted by atomic mass is 16.5. The summed E-state index contributed by atoms with van der Waals surface area (Å²) in [5, 5.41) is 95.7. The number of methoxy groups -OCH3 is 1. The highest BCUT2D eigenvalue weighted by Crippen LogP contribution is 2.89. The third-order valence-corrected chi connectivity index (χ3v) is 27.9. The predicted molar refractivity (Wildman–Crippen MR) is 336 cm³/mol. The summed E-state index contributed by atoms with van der Waals surface area (Å²) in [6, 6.07) is 20.0. The van der Waals surface area contributed by atoms with Crippen molar-refractivity contribution in [2.45, 2.75) is 22.8 Å². The fourth-order valence-corrected chi connectivity index (χ4v) is 27.4. The number of benzene rings is 18. The first-order chi connectivity index (χ1) is 40.8. The van der Waals surface area contributed by atoms with Gasteiger partial charge in [0.25, 0.3) is 0 Å². The van der Waals surface area contributed by atoms with E-state index in [-0.39, 0.29) is 11.8 Å². The van der Waals surface area contributed by atoms with E-state index < -0.39 is 11.0 Å². The Kier molecular flexibility index (Phi) is 3.02. The van der Waals surface area contributed by atoms with Crippen molar-refractivity contribution >= 4 is 281 Å². The van der Waals surface area contributed by atoms with Crippen LogP contribution < -0.4 is 9.75 Å². The molecule has 5 nitrogen and oxygen atoms in total. The number of anilines is 1. The summed E-state index contributed by atoms with van der Waals surface area (Å²) in [5.41, 5.74) is 13.1. The maximum atomic E-state index is 6.64. The van der Waals surface area contributed by atoms with Crippen LogP contribution in [0.4, 0.5) is 5.69 Å². The lowest BCUT2D eigenvalue weighted by molar-refractivity contribution is 0.244. The van der Waals surface area contributed by atoms with Gasteiger partial charge in [0.15, 0.2) is 0 Å². The van der Waals surface area contributed by atoms with E-state index in [4.69, 9.17) is 14.9 Å². The second-order valence-corrected chi connectivity index (χ2v) is 28.6. The number of aromatic nitrogens is 2. The molecule has 350 valence electrons. The number of hydrazone groups is 1. The van der Waals surface area contributed by atoms with Gasteiger partial charge in [-0.25, -0.2) is 4.68 Å². The smallest absolute Gasteiger partial charge is 0.119 e. The first-order valence-electron chi connectivity index (χ1n) is 30.0. The second kappa shape index (κ2) is 7.72. The van der Waals surface area contributed by atoms with E-state index in [2.05, 4.69) is 76.7 Å². The van der Waals surface area contributed by atoms with Gasteiger partial charge < -0.3 is 4.74 Å². The van der Waals surface area contributed by atoms with Crippen LogP contribution in [0.3, 0.4) is 0 Å². The van der Waals surface area contributed by atoms with Crippen molar-refractivity contribution in [2.75, 3.05) is 12.1 Å². The van der Waals surface area contributed by atoms with Gasteiger partial charge in [-0.2, -0.15) is 10.2 Å². The molecule has 36 rings (SSSR count). The lowest BCUT2D eigenvalue weighted by Crippen LogP contribution is -2.64. The number of ether oxygens (including phenoxy) is 1. The summed E-state index contributed by atoms with van der Waals surface area (Å²) in [7, 11) is 1.81. The minimum Gasteiger partial charge on any atom is -0.497 e. The molecule has 0 amide bonds. The van der Waals surface area contributed by atoms with Crippen molar-refractivity contribution in [3.63, 3.8) is 0 Å². The van der Waals surface area contributed by atoms with Crippen molar-refractivity contribution in [1.82, 2.24) is 9.78 Å². The maximum Gasteiger partial charge on any atom is 0.119 e. The van der Waals surface area contributed by atoms with E-state index in [1.165, 1.54) is 5.71 Å². The first-order valence-corrected chi connectivity index (χ1v) is 30.0. The van der Waals surface area contributed by atoms with E-state index in [1.807, 2.05) is 7.11 Å². The summed E-state index contributed by atoms with van der Waals surface area (Å²) in [6.45, 7) is 0. The second-order valence-electron chi connectivity index (χ2n) is 28.6. The monoisotopic (exact) mass is 1010 g/mol. The molecule has 7 aliphatic rings. The number of nitrogens with zero attached hydrogens (tertiary/aromatic N) is 4. The van der Waals surface area contributed by atoms with Gasteiger partial charge >= 0.3 is 0 Å². The van der Waals surface area contributed by atoms with E-state index in [0.29, 0.717) is 0 Å². The molecule has 4 unspecified atom stereocenters. The van der Waals surface area contributed by atoms with Crippen LogP contribution in [0.25, 0.3) is 275 Å². The van der Waals surface area contributed by atoms with Crippen LogP contribution in [0.2, 0.25) is 0 Å². The Morgan fingerprint density at radius 2 is 0.695 bits per heavy atom. The average molecular weight is 1010 g/mol. The average Bonchev–Trinajstić information content (AvgIpc) is 1.39. The molecule has 0 saturated heterocycles. The number of hydrogen-bond donors (Lipinski definition) is 0. The van der Waals surface area contributed by atoms with Crippen LogP contribution in [0, 0.1) is 0 Å². The van der Waals surface area contributed by atoms with E-state index >= 15 is 0 Å². The largest absolute Gasteiger partial charge is 0.497 e. The van der Waals surface area contributed by atoms with Crippen molar-refractivity contribution < 1.29 is 4.74 Å². The molecule has 0 saturated carbocycles. The summed E-state index contributed by atoms with van der Waals surface area (Å²) in [6.07, 6.45) is 4.60. The number of hydrogen-bond acceptors (Lipinski definition) is 4. The topological polar surface area (TPSA) is 42.6 Å². The Bertz CT molecular complexity index is 8280. The molecule has 2 heterocycles. The van der Waals surface area contributed by atoms with Crippen molar-refractivity contribution in [2.24, 2.45) is 5.10 Å². The minimum absolute atomic E-state index is 0.0168. The van der Waals surface area contributed by atoms with Crippen LogP contribution in [-0.2, 0) is 11.0 Å². The Balaban J connectivity index is 1.01. The third kappa shape index (κ3) is 1.86. The fraction of sp³-hybridized carbons (Fsp3) is 0.0649. The summed E-state index contributed by atoms with van der Waals surface area (Å²) in [5.74, 6) is 0.919. The van der Waals surface area contributed by atoms with Crippen LogP contribution >= 0.6 is 0 Å². The molecule has 0 radical (unpaired) electrons. The normalized spacial score (nSPS) is 23.1.